The fourth-order valence-corrected chi connectivity index (χ4v) is 1.55. The highest BCUT2D eigenvalue weighted by Crippen LogP contribution is 2.04. The van der Waals surface area contributed by atoms with Crippen molar-refractivity contribution in [2.24, 2.45) is 5.73 Å². The number of rotatable bonds is 4. The lowest BCUT2D eigenvalue weighted by atomic mass is 10.1. The number of quaternary nitrogens is 1. The van der Waals surface area contributed by atoms with E-state index in [1.165, 1.54) is 6.07 Å². The van der Waals surface area contributed by atoms with Gasteiger partial charge in [-0.25, -0.2) is 9.18 Å². The summed E-state index contributed by atoms with van der Waals surface area (Å²) < 4.78 is 13.4. The molecular weight excluding hydrogens is 237 g/mol. The van der Waals surface area contributed by atoms with Crippen LogP contribution in [0.2, 0.25) is 0 Å². The van der Waals surface area contributed by atoms with Crippen LogP contribution in [-0.2, 0) is 11.3 Å². The Hall–Kier alpha value is -1.95. The summed E-state index contributed by atoms with van der Waals surface area (Å²) in [5.41, 5.74) is 5.39. The third-order valence-electron chi connectivity index (χ3n) is 2.81. The van der Waals surface area contributed by atoms with Crippen LogP contribution in [0.15, 0.2) is 24.3 Å². The second kappa shape index (κ2) is 6.11. The molecule has 0 aliphatic carbocycles. The number of carbonyl (C=O) groups excluding carboxylic acids is 2. The maximum absolute atomic E-state index is 13.4. The van der Waals surface area contributed by atoms with Gasteiger partial charge in [0.25, 0.3) is 5.91 Å². The number of primary amides is 1. The molecule has 1 aromatic carbocycles. The molecule has 0 fully saturated rings. The zero-order valence-electron chi connectivity index (χ0n) is 10.4. The Kier molecular flexibility index (Phi) is 4.79. The topological polar surface area (TPSA) is 76.6 Å². The number of carbonyl (C=O) groups is 2. The summed E-state index contributed by atoms with van der Waals surface area (Å²) in [5, 5.41) is 2.01. The van der Waals surface area contributed by atoms with Crippen molar-refractivity contribution in [3.05, 3.63) is 35.6 Å². The standard InChI is InChI=1S/C12H16FN3O2/c1-8(11(17)15-12(14)18)16(2)7-9-5-3-4-6-10(9)13/h3-6,8H,7H2,1-2H3,(H3,14,15,17,18)/p+1/t8-/m1/s1. The number of hydrogen-bond donors (Lipinski definition) is 3. The van der Waals surface area contributed by atoms with Crippen LogP contribution in [0.4, 0.5) is 9.18 Å². The fraction of sp³-hybridized carbons (Fsp3) is 0.333. The van der Waals surface area contributed by atoms with Crippen molar-refractivity contribution in [2.75, 3.05) is 7.05 Å². The molecule has 0 saturated carbocycles. The van der Waals surface area contributed by atoms with Crippen LogP contribution in [-0.4, -0.2) is 25.0 Å². The van der Waals surface area contributed by atoms with Gasteiger partial charge in [-0.1, -0.05) is 18.2 Å². The zero-order chi connectivity index (χ0) is 13.7. The molecule has 3 amide bonds. The maximum atomic E-state index is 13.4. The molecule has 0 radical (unpaired) electrons. The number of amides is 3. The number of likely N-dealkylation sites (N-methyl/N-ethyl adjacent to an activating group) is 1. The van der Waals surface area contributed by atoms with Crippen molar-refractivity contribution in [3.63, 3.8) is 0 Å². The van der Waals surface area contributed by atoms with E-state index in [9.17, 15) is 14.0 Å². The molecule has 0 aliphatic rings. The molecule has 0 aliphatic heterocycles. The lowest BCUT2D eigenvalue weighted by Gasteiger charge is -2.20. The minimum atomic E-state index is -0.884. The quantitative estimate of drug-likeness (QED) is 0.672. The van der Waals surface area contributed by atoms with E-state index in [0.29, 0.717) is 12.1 Å². The zero-order valence-corrected chi connectivity index (χ0v) is 10.4. The van der Waals surface area contributed by atoms with Crippen molar-refractivity contribution in [1.29, 1.82) is 0 Å². The van der Waals surface area contributed by atoms with Crippen molar-refractivity contribution in [2.45, 2.75) is 19.5 Å². The van der Waals surface area contributed by atoms with E-state index in [2.05, 4.69) is 0 Å². The fourth-order valence-electron chi connectivity index (χ4n) is 1.55. The Balaban J connectivity index is 2.65. The van der Waals surface area contributed by atoms with E-state index in [1.807, 2.05) is 5.32 Å². The molecule has 18 heavy (non-hydrogen) atoms. The molecule has 0 bridgehead atoms. The molecule has 5 nitrogen and oxygen atoms in total. The first kappa shape index (κ1) is 14.1. The molecule has 98 valence electrons. The first-order valence-corrected chi connectivity index (χ1v) is 5.58. The van der Waals surface area contributed by atoms with Crippen molar-refractivity contribution in [3.8, 4) is 0 Å². The van der Waals surface area contributed by atoms with E-state index in [-0.39, 0.29) is 5.82 Å². The number of hydrogen-bond acceptors (Lipinski definition) is 2. The molecule has 1 rings (SSSR count). The normalized spacial score (nSPS) is 13.7. The van der Waals surface area contributed by atoms with E-state index in [4.69, 9.17) is 5.73 Å². The minimum Gasteiger partial charge on any atom is -0.351 e. The van der Waals surface area contributed by atoms with Crippen LogP contribution in [0.25, 0.3) is 0 Å². The number of imide groups is 1. The van der Waals surface area contributed by atoms with Gasteiger partial charge in [0.15, 0.2) is 6.04 Å². The Morgan fingerprint density at radius 1 is 1.44 bits per heavy atom. The predicted octanol–water partition coefficient (Wildman–Crippen LogP) is -0.576. The second-order valence-electron chi connectivity index (χ2n) is 4.19. The minimum absolute atomic E-state index is 0.306. The predicted molar refractivity (Wildman–Crippen MR) is 64.2 cm³/mol. The van der Waals surface area contributed by atoms with Gasteiger partial charge in [0.2, 0.25) is 0 Å². The Labute approximate surface area is 105 Å². The molecule has 0 aromatic heterocycles. The van der Waals surface area contributed by atoms with Gasteiger partial charge >= 0.3 is 6.03 Å². The number of nitrogens with one attached hydrogen (secondary N) is 2. The highest BCUT2D eigenvalue weighted by Gasteiger charge is 2.23. The molecule has 0 saturated heterocycles. The average Bonchev–Trinajstić information content (AvgIpc) is 2.30. The van der Waals surface area contributed by atoms with Crippen LogP contribution < -0.4 is 16.0 Å². The highest BCUT2D eigenvalue weighted by atomic mass is 19.1. The largest absolute Gasteiger partial charge is 0.351 e. The number of nitrogens with two attached hydrogens (primary N) is 1. The first-order chi connectivity index (χ1) is 8.41. The molecule has 0 spiro atoms. The third-order valence-corrected chi connectivity index (χ3v) is 2.81. The Morgan fingerprint density at radius 3 is 2.61 bits per heavy atom. The van der Waals surface area contributed by atoms with Crippen molar-refractivity contribution in [1.82, 2.24) is 5.32 Å². The van der Waals surface area contributed by atoms with Gasteiger partial charge in [-0.15, -0.1) is 0 Å². The summed E-state index contributed by atoms with van der Waals surface area (Å²) in [6.07, 6.45) is 0. The van der Waals surface area contributed by atoms with Gasteiger partial charge in [-0.3, -0.25) is 10.1 Å². The Bertz CT molecular complexity index is 451. The summed E-state index contributed by atoms with van der Waals surface area (Å²) in [4.78, 5) is 22.9. The van der Waals surface area contributed by atoms with Crippen LogP contribution in [0, 0.1) is 5.82 Å². The van der Waals surface area contributed by atoms with Crippen LogP contribution >= 0.6 is 0 Å². The average molecular weight is 254 g/mol. The first-order valence-electron chi connectivity index (χ1n) is 5.58. The van der Waals surface area contributed by atoms with Crippen molar-refractivity contribution < 1.29 is 18.9 Å². The monoisotopic (exact) mass is 254 g/mol. The molecule has 6 heteroatoms. The van der Waals surface area contributed by atoms with E-state index in [0.717, 1.165) is 4.90 Å². The van der Waals surface area contributed by atoms with Gasteiger partial charge in [-0.2, -0.15) is 0 Å². The van der Waals surface area contributed by atoms with Gasteiger partial charge in [0.05, 0.1) is 7.05 Å². The molecule has 1 unspecified atom stereocenters. The summed E-state index contributed by atoms with van der Waals surface area (Å²) in [7, 11) is 1.75. The summed E-state index contributed by atoms with van der Waals surface area (Å²) >= 11 is 0. The number of benzene rings is 1. The summed E-state index contributed by atoms with van der Waals surface area (Å²) in [6, 6.07) is 4.99. The summed E-state index contributed by atoms with van der Waals surface area (Å²) in [5.74, 6) is -0.782. The number of urea groups is 1. The smallest absolute Gasteiger partial charge is 0.319 e. The maximum Gasteiger partial charge on any atom is 0.319 e. The lowest BCUT2D eigenvalue weighted by Crippen LogP contribution is -3.12. The van der Waals surface area contributed by atoms with Crippen molar-refractivity contribution >= 4 is 11.9 Å². The number of halogens is 1. The SMILES string of the molecule is C[C@H](C(=O)NC(N)=O)[NH+](C)Cc1ccccc1F. The van der Waals surface area contributed by atoms with Gasteiger partial charge in [-0.05, 0) is 13.0 Å². The Morgan fingerprint density at radius 2 is 2.06 bits per heavy atom. The van der Waals surface area contributed by atoms with Gasteiger partial charge < -0.3 is 10.6 Å². The second-order valence-corrected chi connectivity index (χ2v) is 4.19. The van der Waals surface area contributed by atoms with E-state index >= 15 is 0 Å². The van der Waals surface area contributed by atoms with Gasteiger partial charge in [0, 0.05) is 5.56 Å². The van der Waals surface area contributed by atoms with Crippen LogP contribution in [0.3, 0.4) is 0 Å². The highest BCUT2D eigenvalue weighted by molar-refractivity contribution is 5.95. The molecule has 1 aromatic rings. The lowest BCUT2D eigenvalue weighted by molar-refractivity contribution is -0.908. The third kappa shape index (κ3) is 3.81. The van der Waals surface area contributed by atoms with Gasteiger partial charge in [0.1, 0.15) is 12.4 Å². The molecule has 2 atom stereocenters. The van der Waals surface area contributed by atoms with E-state index in [1.54, 1.807) is 32.2 Å². The summed E-state index contributed by atoms with van der Waals surface area (Å²) in [6.45, 7) is 1.99. The molecule has 0 heterocycles. The van der Waals surface area contributed by atoms with Crippen LogP contribution in [0.5, 0.6) is 0 Å². The molecular formula is C12H17FN3O2+. The van der Waals surface area contributed by atoms with E-state index < -0.39 is 18.0 Å². The molecule has 4 N–H and O–H groups in total. The van der Waals surface area contributed by atoms with Crippen LogP contribution in [0.1, 0.15) is 12.5 Å².